The van der Waals surface area contributed by atoms with Gasteiger partial charge in [-0.25, -0.2) is 0 Å². The molecule has 2 aliphatic rings. The van der Waals surface area contributed by atoms with Gasteiger partial charge in [0.1, 0.15) is 5.54 Å². The molecule has 1 aromatic rings. The molecule has 20 heavy (non-hydrogen) atoms. The van der Waals surface area contributed by atoms with Crippen LogP contribution < -0.4 is 10.6 Å². The highest BCUT2D eigenvalue weighted by Crippen LogP contribution is 2.35. The summed E-state index contributed by atoms with van der Waals surface area (Å²) in [6.45, 7) is 1.82. The molecular weight excluding hydrogens is 262 g/mol. The van der Waals surface area contributed by atoms with Gasteiger partial charge in [0.15, 0.2) is 12.5 Å². The van der Waals surface area contributed by atoms with E-state index in [0.29, 0.717) is 5.69 Å². The lowest BCUT2D eigenvalue weighted by Crippen LogP contribution is -2.61. The van der Waals surface area contributed by atoms with E-state index in [0.717, 1.165) is 5.69 Å². The summed E-state index contributed by atoms with van der Waals surface area (Å²) in [5.74, 6) is -1.25. The number of pyridine rings is 1. The second-order valence-electron chi connectivity index (χ2n) is 5.06. The summed E-state index contributed by atoms with van der Waals surface area (Å²) >= 11 is 0. The van der Waals surface area contributed by atoms with E-state index in [1.807, 2.05) is 13.0 Å². The number of ether oxygens (including phenoxy) is 1. The summed E-state index contributed by atoms with van der Waals surface area (Å²) in [4.78, 5) is 27.6. The fourth-order valence-corrected chi connectivity index (χ4v) is 2.47. The third-order valence-electron chi connectivity index (χ3n) is 3.58. The number of carbonyl (C=O) groups is 2. The Hall–Kier alpha value is -1.99. The summed E-state index contributed by atoms with van der Waals surface area (Å²) < 4.78 is 5.24. The van der Waals surface area contributed by atoms with Crippen molar-refractivity contribution in [3.63, 3.8) is 0 Å². The van der Waals surface area contributed by atoms with E-state index >= 15 is 0 Å². The maximum Gasteiger partial charge on any atom is 0.303 e. The Morgan fingerprint density at radius 2 is 2.30 bits per heavy atom. The average Bonchev–Trinajstić information content (AvgIpc) is 3.13. The monoisotopic (exact) mass is 277 g/mol. The number of aromatic nitrogens is 1. The first-order valence-electron chi connectivity index (χ1n) is 6.41. The Balaban J connectivity index is 1.98. The smallest absolute Gasteiger partial charge is 0.303 e. The van der Waals surface area contributed by atoms with Crippen molar-refractivity contribution in [2.45, 2.75) is 37.8 Å². The fraction of sp³-hybridized carbons (Fsp3) is 0.462. The van der Waals surface area contributed by atoms with Crippen LogP contribution in [0.15, 0.2) is 18.2 Å². The third kappa shape index (κ3) is 2.14. The molecule has 2 fully saturated rings. The minimum absolute atomic E-state index is 0.122. The number of hydrogen-bond donors (Lipinski definition) is 3. The molecule has 3 N–H and O–H groups in total. The molecule has 3 rings (SSSR count). The molecule has 1 amide bonds. The maximum atomic E-state index is 12.4. The quantitative estimate of drug-likeness (QED) is 0.661. The zero-order valence-corrected chi connectivity index (χ0v) is 10.9. The number of carboxylic acids is 1. The van der Waals surface area contributed by atoms with Crippen LogP contribution in [0.1, 0.15) is 24.2 Å². The van der Waals surface area contributed by atoms with Crippen molar-refractivity contribution in [2.24, 2.45) is 0 Å². The number of nitrogens with zero attached hydrogens (tertiary/aromatic N) is 1. The molecule has 0 aliphatic carbocycles. The molecule has 0 bridgehead atoms. The Bertz CT molecular complexity index is 576. The molecule has 0 radical (unpaired) electrons. The Morgan fingerprint density at radius 3 is 3.00 bits per heavy atom. The Kier molecular flexibility index (Phi) is 2.95. The number of epoxide rings is 1. The normalized spacial score (nSPS) is 31.4. The maximum absolute atomic E-state index is 12.4. The van der Waals surface area contributed by atoms with Gasteiger partial charge in [-0.05, 0) is 25.5 Å². The fourth-order valence-electron chi connectivity index (χ4n) is 2.47. The molecule has 3 heterocycles. The van der Waals surface area contributed by atoms with Crippen molar-refractivity contribution in [3.05, 3.63) is 29.6 Å². The number of carboxylic acid groups (broad SMARTS) is 1. The lowest BCUT2D eigenvalue weighted by atomic mass is 9.86. The Morgan fingerprint density at radius 1 is 1.50 bits per heavy atom. The highest BCUT2D eigenvalue weighted by molar-refractivity contribution is 5.89. The Labute approximate surface area is 115 Å². The van der Waals surface area contributed by atoms with E-state index < -0.39 is 11.5 Å². The molecule has 7 nitrogen and oxygen atoms in total. The van der Waals surface area contributed by atoms with Gasteiger partial charge >= 0.3 is 5.97 Å². The highest BCUT2D eigenvalue weighted by atomic mass is 16.6. The summed E-state index contributed by atoms with van der Waals surface area (Å²) in [6.07, 6.45) is -0.598. The number of aliphatic carboxylic acids is 1. The van der Waals surface area contributed by atoms with Gasteiger partial charge < -0.3 is 15.2 Å². The second-order valence-corrected chi connectivity index (χ2v) is 5.06. The number of nitrogens with one attached hydrogen (secondary N) is 2. The molecule has 2 saturated heterocycles. The van der Waals surface area contributed by atoms with Crippen LogP contribution >= 0.6 is 0 Å². The number of carbonyl (C=O) groups excluding carboxylic acids is 1. The van der Waals surface area contributed by atoms with E-state index in [2.05, 4.69) is 15.6 Å². The molecule has 7 heteroatoms. The molecule has 0 aromatic carbocycles. The summed E-state index contributed by atoms with van der Waals surface area (Å²) in [6, 6.07) is 5.35. The molecular formula is C13H15N3O4. The van der Waals surface area contributed by atoms with E-state index in [9.17, 15) is 9.59 Å². The van der Waals surface area contributed by atoms with Crippen molar-refractivity contribution in [1.29, 1.82) is 0 Å². The second kappa shape index (κ2) is 4.53. The van der Waals surface area contributed by atoms with Crippen molar-refractivity contribution in [3.8, 4) is 0 Å². The SMILES string of the molecule is Cc1cccc(C2(CCC(=O)O)NC3OC3NC2=O)n1. The summed E-state index contributed by atoms with van der Waals surface area (Å²) in [5, 5.41) is 14.7. The van der Waals surface area contributed by atoms with Gasteiger partial charge in [-0.15, -0.1) is 0 Å². The zero-order chi connectivity index (χ0) is 14.3. The molecule has 0 spiro atoms. The van der Waals surface area contributed by atoms with Crippen LogP contribution in [-0.2, 0) is 19.9 Å². The van der Waals surface area contributed by atoms with E-state index in [-0.39, 0.29) is 31.2 Å². The first kappa shape index (κ1) is 13.0. The zero-order valence-electron chi connectivity index (χ0n) is 10.9. The molecule has 106 valence electrons. The van der Waals surface area contributed by atoms with E-state index in [1.165, 1.54) is 0 Å². The van der Waals surface area contributed by atoms with E-state index in [1.54, 1.807) is 12.1 Å². The highest BCUT2D eigenvalue weighted by Gasteiger charge is 2.56. The minimum Gasteiger partial charge on any atom is -0.481 e. The van der Waals surface area contributed by atoms with Crippen LogP contribution in [0.2, 0.25) is 0 Å². The molecule has 1 aromatic heterocycles. The molecule has 2 aliphatic heterocycles. The number of rotatable bonds is 4. The van der Waals surface area contributed by atoms with Crippen molar-refractivity contribution >= 4 is 11.9 Å². The van der Waals surface area contributed by atoms with Crippen LogP contribution in [0, 0.1) is 6.92 Å². The number of hydrogen-bond acceptors (Lipinski definition) is 5. The van der Waals surface area contributed by atoms with Gasteiger partial charge in [0.2, 0.25) is 5.91 Å². The standard InChI is InChI=1S/C13H15N3O4/c1-7-3-2-4-8(14-7)13(6-5-9(17)18)12(19)15-10-11(16-13)20-10/h2-4,10-11,16H,5-6H2,1H3,(H,15,19)(H,17,18). The predicted molar refractivity (Wildman–Crippen MR) is 67.5 cm³/mol. The summed E-state index contributed by atoms with van der Waals surface area (Å²) in [7, 11) is 0. The molecule has 3 atom stereocenters. The van der Waals surface area contributed by atoms with Crippen molar-refractivity contribution in [1.82, 2.24) is 15.6 Å². The van der Waals surface area contributed by atoms with Crippen molar-refractivity contribution < 1.29 is 19.4 Å². The first-order chi connectivity index (χ1) is 9.51. The first-order valence-corrected chi connectivity index (χ1v) is 6.41. The van der Waals surface area contributed by atoms with Crippen LogP contribution in [0.4, 0.5) is 0 Å². The van der Waals surface area contributed by atoms with Gasteiger partial charge in [-0.2, -0.15) is 0 Å². The average molecular weight is 277 g/mol. The predicted octanol–water partition coefficient (Wildman–Crippen LogP) is -0.148. The van der Waals surface area contributed by atoms with Gasteiger partial charge in [-0.1, -0.05) is 6.07 Å². The van der Waals surface area contributed by atoms with Gasteiger partial charge in [0.05, 0.1) is 5.69 Å². The van der Waals surface area contributed by atoms with Crippen molar-refractivity contribution in [2.75, 3.05) is 0 Å². The van der Waals surface area contributed by atoms with Crippen LogP contribution in [0.25, 0.3) is 0 Å². The van der Waals surface area contributed by atoms with Gasteiger partial charge in [0.25, 0.3) is 0 Å². The van der Waals surface area contributed by atoms with Crippen LogP contribution in [0.3, 0.4) is 0 Å². The molecule has 3 unspecified atom stereocenters. The summed E-state index contributed by atoms with van der Waals surface area (Å²) in [5.41, 5.74) is 0.137. The van der Waals surface area contributed by atoms with Gasteiger partial charge in [-0.3, -0.25) is 19.9 Å². The number of piperazine rings is 1. The van der Waals surface area contributed by atoms with Crippen LogP contribution in [-0.4, -0.2) is 34.4 Å². The molecule has 0 saturated carbocycles. The van der Waals surface area contributed by atoms with Gasteiger partial charge in [0, 0.05) is 12.1 Å². The van der Waals surface area contributed by atoms with Crippen LogP contribution in [0.5, 0.6) is 0 Å². The number of fused-ring (bicyclic) bond motifs is 1. The number of amides is 1. The van der Waals surface area contributed by atoms with E-state index in [4.69, 9.17) is 9.84 Å². The third-order valence-corrected chi connectivity index (χ3v) is 3.58. The largest absolute Gasteiger partial charge is 0.481 e. The topological polar surface area (TPSA) is 104 Å². The minimum atomic E-state index is -1.15. The number of aryl methyl sites for hydroxylation is 1. The lowest BCUT2D eigenvalue weighted by molar-refractivity contribution is -0.138. The lowest BCUT2D eigenvalue weighted by Gasteiger charge is -2.34.